The third kappa shape index (κ3) is 7.55. The Morgan fingerprint density at radius 2 is 1.78 bits per heavy atom. The Bertz CT molecular complexity index is 692. The van der Waals surface area contributed by atoms with Crippen LogP contribution in [-0.4, -0.2) is 42.8 Å². The van der Waals surface area contributed by atoms with Crippen molar-refractivity contribution in [3.8, 4) is 0 Å². The van der Waals surface area contributed by atoms with Crippen LogP contribution in [0.4, 0.5) is 4.39 Å². The van der Waals surface area contributed by atoms with Gasteiger partial charge in [0, 0.05) is 26.2 Å². The summed E-state index contributed by atoms with van der Waals surface area (Å²) in [6.45, 7) is 2.94. The number of nitrogens with one attached hydrogen (secondary N) is 2. The maximum Gasteiger partial charge on any atom is 0.328 e. The lowest BCUT2D eigenvalue weighted by Crippen LogP contribution is -2.52. The molecule has 0 unspecified atom stereocenters. The number of ether oxygens (including phenoxy) is 1. The predicted molar refractivity (Wildman–Crippen MR) is 96.2 cm³/mol. The fourth-order valence-electron chi connectivity index (χ4n) is 2.48. The lowest BCUT2D eigenvalue weighted by molar-refractivity contribution is -0.145. The fourth-order valence-corrected chi connectivity index (χ4v) is 2.48. The highest BCUT2D eigenvalue weighted by Gasteiger charge is 2.27. The number of hydrogen-bond acceptors (Lipinski definition) is 5. The Kier molecular flexibility index (Phi) is 9.12. The summed E-state index contributed by atoms with van der Waals surface area (Å²) in [5, 5.41) is 4.95. The largest absolute Gasteiger partial charge is 0.467 e. The highest BCUT2D eigenvalue weighted by molar-refractivity contribution is 5.90. The van der Waals surface area contributed by atoms with Gasteiger partial charge >= 0.3 is 5.97 Å². The van der Waals surface area contributed by atoms with Crippen molar-refractivity contribution in [2.24, 2.45) is 0 Å². The number of rotatable bonds is 10. The summed E-state index contributed by atoms with van der Waals surface area (Å²) < 4.78 is 18.6. The molecule has 0 spiro atoms. The van der Waals surface area contributed by atoms with Gasteiger partial charge in [0.15, 0.2) is 0 Å². The van der Waals surface area contributed by atoms with E-state index in [-0.39, 0.29) is 30.6 Å². The van der Waals surface area contributed by atoms with Crippen LogP contribution in [-0.2, 0) is 30.3 Å². The molecule has 0 aliphatic carbocycles. The molecule has 0 aromatic heterocycles. The molecule has 1 rings (SSSR count). The van der Waals surface area contributed by atoms with Crippen molar-refractivity contribution in [3.05, 3.63) is 35.6 Å². The summed E-state index contributed by atoms with van der Waals surface area (Å²) in [6.07, 6.45) is 0.426. The van der Waals surface area contributed by atoms with Crippen LogP contribution in [0, 0.1) is 5.82 Å². The van der Waals surface area contributed by atoms with Crippen molar-refractivity contribution < 1.29 is 28.3 Å². The van der Waals surface area contributed by atoms with E-state index in [2.05, 4.69) is 15.4 Å². The second-order valence-corrected chi connectivity index (χ2v) is 6.06. The number of benzene rings is 1. The Labute approximate surface area is 157 Å². The van der Waals surface area contributed by atoms with E-state index >= 15 is 0 Å². The molecule has 0 saturated carbocycles. The number of Topliss-reactive ketones (excluding diaryl/α,β-unsaturated/α-hetero) is 1. The van der Waals surface area contributed by atoms with Gasteiger partial charge in [-0.25, -0.2) is 9.18 Å². The second-order valence-electron chi connectivity index (χ2n) is 6.06. The van der Waals surface area contributed by atoms with E-state index < -0.39 is 35.7 Å². The van der Waals surface area contributed by atoms with Gasteiger partial charge in [0.25, 0.3) is 0 Å². The molecule has 1 aromatic carbocycles. The second kappa shape index (κ2) is 11.1. The monoisotopic (exact) mass is 380 g/mol. The van der Waals surface area contributed by atoms with Gasteiger partial charge in [-0.3, -0.25) is 14.4 Å². The highest BCUT2D eigenvalue weighted by atomic mass is 19.1. The van der Waals surface area contributed by atoms with E-state index in [0.29, 0.717) is 6.42 Å². The summed E-state index contributed by atoms with van der Waals surface area (Å²) in [7, 11) is 1.17. The van der Waals surface area contributed by atoms with Crippen molar-refractivity contribution in [1.29, 1.82) is 0 Å². The van der Waals surface area contributed by atoms with Gasteiger partial charge < -0.3 is 15.4 Å². The molecule has 0 fully saturated rings. The summed E-state index contributed by atoms with van der Waals surface area (Å²) in [6, 6.07) is 3.79. The van der Waals surface area contributed by atoms with Crippen molar-refractivity contribution in [2.75, 3.05) is 7.11 Å². The maximum atomic E-state index is 13.9. The zero-order valence-electron chi connectivity index (χ0n) is 15.7. The molecule has 2 amide bonds. The normalized spacial score (nSPS) is 12.6. The van der Waals surface area contributed by atoms with Crippen LogP contribution in [0.25, 0.3) is 0 Å². The average molecular weight is 380 g/mol. The molecular weight excluding hydrogens is 355 g/mol. The smallest absolute Gasteiger partial charge is 0.328 e. The summed E-state index contributed by atoms with van der Waals surface area (Å²) >= 11 is 0. The van der Waals surface area contributed by atoms with Crippen LogP contribution in [0.5, 0.6) is 0 Å². The first-order valence-corrected chi connectivity index (χ1v) is 8.68. The maximum absolute atomic E-state index is 13.9. The van der Waals surface area contributed by atoms with Crippen LogP contribution < -0.4 is 10.6 Å². The third-order valence-electron chi connectivity index (χ3n) is 3.98. The van der Waals surface area contributed by atoms with Crippen molar-refractivity contribution >= 4 is 23.6 Å². The molecule has 0 heterocycles. The predicted octanol–water partition coefficient (Wildman–Crippen LogP) is 1.29. The third-order valence-corrected chi connectivity index (χ3v) is 3.98. The highest BCUT2D eigenvalue weighted by Crippen LogP contribution is 2.10. The Hall–Kier alpha value is -2.77. The van der Waals surface area contributed by atoms with Gasteiger partial charge in [-0.2, -0.15) is 0 Å². The molecule has 7 nitrogen and oxygen atoms in total. The van der Waals surface area contributed by atoms with Gasteiger partial charge in [-0.1, -0.05) is 25.1 Å². The van der Waals surface area contributed by atoms with Gasteiger partial charge in [0.1, 0.15) is 23.7 Å². The molecular formula is C19H25FN2O5. The molecule has 2 atom stereocenters. The van der Waals surface area contributed by atoms with Crippen molar-refractivity contribution in [3.63, 3.8) is 0 Å². The van der Waals surface area contributed by atoms with Gasteiger partial charge in [-0.05, 0) is 18.1 Å². The molecule has 148 valence electrons. The lowest BCUT2D eigenvalue weighted by atomic mass is 10.0. The van der Waals surface area contributed by atoms with Gasteiger partial charge in [0.2, 0.25) is 11.8 Å². The number of esters is 1. The van der Waals surface area contributed by atoms with Crippen LogP contribution in [0.3, 0.4) is 0 Å². The van der Waals surface area contributed by atoms with Crippen molar-refractivity contribution in [1.82, 2.24) is 10.6 Å². The number of carbonyl (C=O) groups excluding carboxylic acids is 4. The first kappa shape index (κ1) is 22.3. The average Bonchev–Trinajstić information content (AvgIpc) is 2.64. The number of methoxy groups -OCH3 is 1. The van der Waals surface area contributed by atoms with E-state index in [4.69, 9.17) is 0 Å². The first-order chi connectivity index (χ1) is 12.8. The van der Waals surface area contributed by atoms with Crippen LogP contribution in [0.1, 0.15) is 38.7 Å². The minimum absolute atomic E-state index is 0.0529. The standard InChI is InChI=1S/C19H25FN2O5/c1-4-14(24)9-10-16(19(26)27-3)22-18(25)17(21-12(2)23)11-13-7-5-6-8-15(13)20/h5-8,16-17H,4,9-11H2,1-3H3,(H,21,23)(H,22,25)/t16-,17-/m1/s1. The minimum atomic E-state index is -1.08. The Morgan fingerprint density at radius 3 is 2.33 bits per heavy atom. The molecule has 2 N–H and O–H groups in total. The lowest BCUT2D eigenvalue weighted by Gasteiger charge is -2.22. The Balaban J connectivity index is 2.90. The number of amides is 2. The van der Waals surface area contributed by atoms with Crippen LogP contribution in [0.2, 0.25) is 0 Å². The molecule has 8 heteroatoms. The summed E-state index contributed by atoms with van der Waals surface area (Å²) in [5.41, 5.74) is 0.252. The van der Waals surface area contributed by atoms with E-state index in [1.54, 1.807) is 13.0 Å². The van der Waals surface area contributed by atoms with E-state index in [0.717, 1.165) is 0 Å². The van der Waals surface area contributed by atoms with E-state index in [1.165, 1.54) is 32.2 Å². The fraction of sp³-hybridized carbons (Fsp3) is 0.474. The molecule has 27 heavy (non-hydrogen) atoms. The van der Waals surface area contributed by atoms with E-state index in [1.807, 2.05) is 0 Å². The molecule has 0 radical (unpaired) electrons. The zero-order valence-corrected chi connectivity index (χ0v) is 15.7. The van der Waals surface area contributed by atoms with Gasteiger partial charge in [-0.15, -0.1) is 0 Å². The number of halogens is 1. The SMILES string of the molecule is CCC(=O)CC[C@@H](NC(=O)[C@@H](Cc1ccccc1F)NC(C)=O)C(=O)OC. The van der Waals surface area contributed by atoms with Gasteiger partial charge in [0.05, 0.1) is 7.11 Å². The van der Waals surface area contributed by atoms with Crippen molar-refractivity contribution in [2.45, 2.75) is 51.6 Å². The number of ketones is 1. The number of hydrogen-bond donors (Lipinski definition) is 2. The summed E-state index contributed by atoms with van der Waals surface area (Å²) in [4.78, 5) is 47.5. The summed E-state index contributed by atoms with van der Waals surface area (Å²) in [5.74, 6) is -2.38. The van der Waals surface area contributed by atoms with Crippen LogP contribution >= 0.6 is 0 Å². The topological polar surface area (TPSA) is 102 Å². The molecule has 0 aliphatic rings. The molecule has 0 aliphatic heterocycles. The number of carbonyl (C=O) groups is 4. The molecule has 0 saturated heterocycles. The zero-order chi connectivity index (χ0) is 20.4. The Morgan fingerprint density at radius 1 is 1.11 bits per heavy atom. The van der Waals surface area contributed by atoms with Crippen LogP contribution in [0.15, 0.2) is 24.3 Å². The minimum Gasteiger partial charge on any atom is -0.467 e. The first-order valence-electron chi connectivity index (χ1n) is 8.68. The van der Waals surface area contributed by atoms with E-state index in [9.17, 15) is 23.6 Å². The molecule has 1 aromatic rings. The molecule has 0 bridgehead atoms. The quantitative estimate of drug-likeness (QED) is 0.596.